The quantitative estimate of drug-likeness (QED) is 0.824. The molecule has 1 aliphatic rings. The molecular weight excluding hydrogens is 266 g/mol. The molecule has 0 aromatic heterocycles. The third-order valence-corrected chi connectivity index (χ3v) is 3.60. The molecule has 0 saturated carbocycles. The van der Waals surface area contributed by atoms with E-state index in [1.807, 2.05) is 38.4 Å². The number of hydrogen-bond acceptors (Lipinski definition) is 4. The normalized spacial score (nSPS) is 16.0. The third kappa shape index (κ3) is 5.02. The Morgan fingerprint density at radius 3 is 2.76 bits per heavy atom. The van der Waals surface area contributed by atoms with Crippen molar-refractivity contribution in [1.29, 1.82) is 0 Å². The summed E-state index contributed by atoms with van der Waals surface area (Å²) in [5, 5.41) is 6.40. The van der Waals surface area contributed by atoms with Gasteiger partial charge in [0, 0.05) is 12.6 Å². The summed E-state index contributed by atoms with van der Waals surface area (Å²) in [4.78, 5) is 14.5. The van der Waals surface area contributed by atoms with E-state index in [1.165, 1.54) is 0 Å². The summed E-state index contributed by atoms with van der Waals surface area (Å²) in [5.41, 5.74) is 0.620. The van der Waals surface area contributed by atoms with Crippen molar-refractivity contribution >= 4 is 5.91 Å². The molecule has 1 amide bonds. The van der Waals surface area contributed by atoms with Crippen LogP contribution in [0.15, 0.2) is 24.3 Å². The molecule has 0 aliphatic carbocycles. The lowest BCUT2D eigenvalue weighted by Gasteiger charge is -2.24. The molecule has 116 valence electrons. The summed E-state index contributed by atoms with van der Waals surface area (Å²) in [6.45, 7) is 3.33. The Morgan fingerprint density at radius 2 is 2.05 bits per heavy atom. The SMILES string of the molecule is CN(C)CCOc1ccccc1C(=O)NC1CCNCC1. The molecule has 0 unspecified atom stereocenters. The lowest BCUT2D eigenvalue weighted by molar-refractivity contribution is 0.0925. The highest BCUT2D eigenvalue weighted by Gasteiger charge is 2.18. The number of ether oxygens (including phenoxy) is 1. The molecule has 1 aliphatic heterocycles. The van der Waals surface area contributed by atoms with Gasteiger partial charge in [0.15, 0.2) is 0 Å². The lowest BCUT2D eigenvalue weighted by Crippen LogP contribution is -2.42. The van der Waals surface area contributed by atoms with E-state index in [0.29, 0.717) is 17.9 Å². The first kappa shape index (κ1) is 15.8. The van der Waals surface area contributed by atoms with Crippen LogP contribution in [-0.2, 0) is 0 Å². The number of nitrogens with zero attached hydrogens (tertiary/aromatic N) is 1. The van der Waals surface area contributed by atoms with Gasteiger partial charge in [-0.2, -0.15) is 0 Å². The minimum Gasteiger partial charge on any atom is -0.491 e. The number of rotatable bonds is 6. The topological polar surface area (TPSA) is 53.6 Å². The van der Waals surface area contributed by atoms with Gasteiger partial charge in [0.05, 0.1) is 5.56 Å². The molecule has 0 spiro atoms. The first-order valence-electron chi connectivity index (χ1n) is 7.55. The maximum absolute atomic E-state index is 12.4. The Labute approximate surface area is 126 Å². The van der Waals surface area contributed by atoms with Crippen molar-refractivity contribution in [3.8, 4) is 5.75 Å². The number of carbonyl (C=O) groups is 1. The molecule has 21 heavy (non-hydrogen) atoms. The Morgan fingerprint density at radius 1 is 1.33 bits per heavy atom. The van der Waals surface area contributed by atoms with E-state index < -0.39 is 0 Å². The summed E-state index contributed by atoms with van der Waals surface area (Å²) >= 11 is 0. The van der Waals surface area contributed by atoms with Crippen LogP contribution in [0.25, 0.3) is 0 Å². The van der Waals surface area contributed by atoms with Crippen LogP contribution in [0.3, 0.4) is 0 Å². The lowest BCUT2D eigenvalue weighted by atomic mass is 10.1. The number of hydrogen-bond donors (Lipinski definition) is 2. The zero-order chi connectivity index (χ0) is 15.1. The van der Waals surface area contributed by atoms with Crippen LogP contribution in [-0.4, -0.2) is 57.2 Å². The summed E-state index contributed by atoms with van der Waals surface area (Å²) in [6.07, 6.45) is 1.96. The molecule has 1 fully saturated rings. The van der Waals surface area contributed by atoms with Crippen LogP contribution < -0.4 is 15.4 Å². The first-order chi connectivity index (χ1) is 10.2. The van der Waals surface area contributed by atoms with Crippen LogP contribution in [0.2, 0.25) is 0 Å². The predicted molar refractivity (Wildman–Crippen MR) is 83.8 cm³/mol. The highest BCUT2D eigenvalue weighted by molar-refractivity contribution is 5.97. The monoisotopic (exact) mass is 291 g/mol. The second-order valence-corrected chi connectivity index (χ2v) is 5.65. The fourth-order valence-corrected chi connectivity index (χ4v) is 2.35. The minimum atomic E-state index is -0.0395. The fourth-order valence-electron chi connectivity index (χ4n) is 2.35. The van der Waals surface area contributed by atoms with Gasteiger partial charge in [-0.15, -0.1) is 0 Å². The number of amides is 1. The van der Waals surface area contributed by atoms with E-state index in [9.17, 15) is 4.79 Å². The third-order valence-electron chi connectivity index (χ3n) is 3.60. The zero-order valence-corrected chi connectivity index (χ0v) is 12.9. The highest BCUT2D eigenvalue weighted by Crippen LogP contribution is 2.18. The largest absolute Gasteiger partial charge is 0.491 e. The molecule has 0 bridgehead atoms. The maximum atomic E-state index is 12.4. The van der Waals surface area contributed by atoms with Crippen molar-refractivity contribution < 1.29 is 9.53 Å². The Balaban J connectivity index is 1.95. The van der Waals surface area contributed by atoms with Crippen LogP contribution in [0.4, 0.5) is 0 Å². The number of likely N-dealkylation sites (N-methyl/N-ethyl adjacent to an activating group) is 1. The number of piperidine rings is 1. The Kier molecular flexibility index (Phi) is 6.02. The van der Waals surface area contributed by atoms with E-state index in [1.54, 1.807) is 0 Å². The second kappa shape index (κ2) is 8.00. The molecular formula is C16H25N3O2. The van der Waals surface area contributed by atoms with E-state index in [0.717, 1.165) is 32.5 Å². The predicted octanol–water partition coefficient (Wildman–Crippen LogP) is 1.11. The van der Waals surface area contributed by atoms with Crippen LogP contribution in [0.1, 0.15) is 23.2 Å². The summed E-state index contributed by atoms with van der Waals surface area (Å²) in [5.74, 6) is 0.619. The Bertz CT molecular complexity index is 457. The van der Waals surface area contributed by atoms with Crippen molar-refractivity contribution in [2.45, 2.75) is 18.9 Å². The van der Waals surface area contributed by atoms with Gasteiger partial charge < -0.3 is 20.3 Å². The van der Waals surface area contributed by atoms with Crippen LogP contribution >= 0.6 is 0 Å². The maximum Gasteiger partial charge on any atom is 0.255 e. The number of nitrogens with one attached hydrogen (secondary N) is 2. The van der Waals surface area contributed by atoms with Crippen molar-refractivity contribution in [2.75, 3.05) is 40.3 Å². The molecule has 0 radical (unpaired) electrons. The molecule has 2 N–H and O–H groups in total. The van der Waals surface area contributed by atoms with Gasteiger partial charge in [0.1, 0.15) is 12.4 Å². The number of benzene rings is 1. The standard InChI is InChI=1S/C16H25N3O2/c1-19(2)11-12-21-15-6-4-3-5-14(15)16(20)18-13-7-9-17-10-8-13/h3-6,13,17H,7-12H2,1-2H3,(H,18,20). The van der Waals surface area contributed by atoms with Gasteiger partial charge in [0.25, 0.3) is 5.91 Å². The van der Waals surface area contributed by atoms with Crippen molar-refractivity contribution in [3.63, 3.8) is 0 Å². The van der Waals surface area contributed by atoms with E-state index in [2.05, 4.69) is 15.5 Å². The van der Waals surface area contributed by atoms with E-state index in [-0.39, 0.29) is 11.9 Å². The molecule has 1 aromatic carbocycles. The van der Waals surface area contributed by atoms with Crippen LogP contribution in [0.5, 0.6) is 5.75 Å². The van der Waals surface area contributed by atoms with Gasteiger partial charge in [-0.1, -0.05) is 12.1 Å². The smallest absolute Gasteiger partial charge is 0.255 e. The number of para-hydroxylation sites is 1. The van der Waals surface area contributed by atoms with E-state index in [4.69, 9.17) is 4.74 Å². The molecule has 2 rings (SSSR count). The highest BCUT2D eigenvalue weighted by atomic mass is 16.5. The molecule has 1 saturated heterocycles. The van der Waals surface area contributed by atoms with Crippen molar-refractivity contribution in [3.05, 3.63) is 29.8 Å². The molecule has 5 heteroatoms. The van der Waals surface area contributed by atoms with Crippen molar-refractivity contribution in [2.24, 2.45) is 0 Å². The summed E-state index contributed by atoms with van der Waals surface area (Å²) in [7, 11) is 4.00. The van der Waals surface area contributed by atoms with Gasteiger partial charge in [-0.3, -0.25) is 4.79 Å². The van der Waals surface area contributed by atoms with Gasteiger partial charge in [-0.25, -0.2) is 0 Å². The van der Waals surface area contributed by atoms with Crippen LogP contribution in [0, 0.1) is 0 Å². The van der Waals surface area contributed by atoms with Gasteiger partial charge >= 0.3 is 0 Å². The number of carbonyl (C=O) groups excluding carboxylic acids is 1. The average molecular weight is 291 g/mol. The molecule has 1 aromatic rings. The zero-order valence-electron chi connectivity index (χ0n) is 12.9. The van der Waals surface area contributed by atoms with Gasteiger partial charge in [-0.05, 0) is 52.2 Å². The fraction of sp³-hybridized carbons (Fsp3) is 0.562. The van der Waals surface area contributed by atoms with Gasteiger partial charge in [0.2, 0.25) is 0 Å². The molecule has 1 heterocycles. The second-order valence-electron chi connectivity index (χ2n) is 5.65. The summed E-state index contributed by atoms with van der Waals surface area (Å²) < 4.78 is 5.74. The van der Waals surface area contributed by atoms with Crippen molar-refractivity contribution in [1.82, 2.24) is 15.5 Å². The van der Waals surface area contributed by atoms with E-state index >= 15 is 0 Å². The molecule has 0 atom stereocenters. The molecule has 5 nitrogen and oxygen atoms in total. The average Bonchev–Trinajstić information content (AvgIpc) is 2.48. The summed E-state index contributed by atoms with van der Waals surface area (Å²) in [6, 6.07) is 7.70. The Hall–Kier alpha value is -1.59. The minimum absolute atomic E-state index is 0.0395. The first-order valence-corrected chi connectivity index (χ1v) is 7.55.